The normalized spacial score (nSPS) is 11.4. The summed E-state index contributed by atoms with van der Waals surface area (Å²) < 4.78 is 39.8. The molecule has 0 spiro atoms. The lowest BCUT2D eigenvalue weighted by Gasteiger charge is -2.11. The molecule has 0 saturated heterocycles. The molecule has 0 amide bonds. The lowest BCUT2D eigenvalue weighted by atomic mass is 10.1. The van der Waals surface area contributed by atoms with Gasteiger partial charge in [-0.1, -0.05) is 11.6 Å². The predicted molar refractivity (Wildman–Crippen MR) is 63.5 cm³/mol. The van der Waals surface area contributed by atoms with Gasteiger partial charge in [0, 0.05) is 12.2 Å². The van der Waals surface area contributed by atoms with E-state index in [1.807, 2.05) is 0 Å². The lowest BCUT2D eigenvalue weighted by Crippen LogP contribution is -2.20. The van der Waals surface area contributed by atoms with Gasteiger partial charge in [0.25, 0.3) is 0 Å². The van der Waals surface area contributed by atoms with Crippen molar-refractivity contribution in [1.82, 2.24) is 0 Å². The molecule has 0 bridgehead atoms. The molecule has 0 heterocycles. The molecule has 0 radical (unpaired) electrons. The first-order chi connectivity index (χ1) is 8.79. The summed E-state index contributed by atoms with van der Waals surface area (Å²) >= 11 is 0. The van der Waals surface area contributed by atoms with Crippen LogP contribution in [0.4, 0.5) is 18.9 Å². The number of aromatic carboxylic acids is 1. The van der Waals surface area contributed by atoms with Gasteiger partial charge in [-0.2, -0.15) is 13.2 Å². The first kappa shape index (κ1) is 15.3. The van der Waals surface area contributed by atoms with Crippen LogP contribution >= 0.6 is 0 Å². The number of carbonyl (C=O) groups is 1. The van der Waals surface area contributed by atoms with Gasteiger partial charge in [0.05, 0.1) is 12.2 Å². The second-order valence-electron chi connectivity index (χ2n) is 3.95. The number of carboxylic acid groups (broad SMARTS) is 1. The van der Waals surface area contributed by atoms with E-state index in [9.17, 15) is 18.0 Å². The maximum absolute atomic E-state index is 11.8. The maximum Gasteiger partial charge on any atom is 0.411 e. The molecule has 106 valence electrons. The van der Waals surface area contributed by atoms with E-state index in [1.54, 1.807) is 19.1 Å². The van der Waals surface area contributed by atoms with Crippen molar-refractivity contribution in [1.29, 1.82) is 0 Å². The van der Waals surface area contributed by atoms with E-state index >= 15 is 0 Å². The molecule has 0 fully saturated rings. The smallest absolute Gasteiger partial charge is 0.411 e. The third-order valence-electron chi connectivity index (χ3n) is 2.23. The molecule has 1 rings (SSSR count). The number of hydrogen-bond donors (Lipinski definition) is 2. The SMILES string of the molecule is Cc1ccc(NCCOCC(F)(F)F)c(C(=O)O)c1. The topological polar surface area (TPSA) is 58.6 Å². The summed E-state index contributed by atoms with van der Waals surface area (Å²) in [7, 11) is 0. The van der Waals surface area contributed by atoms with Crippen LogP contribution in [-0.2, 0) is 4.74 Å². The molecular weight excluding hydrogens is 263 g/mol. The zero-order valence-electron chi connectivity index (χ0n) is 10.3. The maximum atomic E-state index is 11.8. The predicted octanol–water partition coefficient (Wildman–Crippen LogP) is 2.68. The van der Waals surface area contributed by atoms with Crippen molar-refractivity contribution in [2.45, 2.75) is 13.1 Å². The molecule has 1 aromatic carbocycles. The van der Waals surface area contributed by atoms with Crippen molar-refractivity contribution in [3.05, 3.63) is 29.3 Å². The van der Waals surface area contributed by atoms with Crippen LogP contribution in [0.25, 0.3) is 0 Å². The van der Waals surface area contributed by atoms with Crippen molar-refractivity contribution in [2.24, 2.45) is 0 Å². The Labute approximate surface area is 108 Å². The molecule has 0 unspecified atom stereocenters. The fourth-order valence-electron chi connectivity index (χ4n) is 1.43. The van der Waals surface area contributed by atoms with Crippen molar-refractivity contribution >= 4 is 11.7 Å². The molecule has 0 aliphatic rings. The first-order valence-corrected chi connectivity index (χ1v) is 5.52. The number of hydrogen-bond acceptors (Lipinski definition) is 3. The van der Waals surface area contributed by atoms with Crippen LogP contribution in [0.1, 0.15) is 15.9 Å². The number of halogens is 3. The van der Waals surface area contributed by atoms with Crippen LogP contribution in [0.3, 0.4) is 0 Å². The van der Waals surface area contributed by atoms with Crippen LogP contribution < -0.4 is 5.32 Å². The number of aryl methyl sites for hydroxylation is 1. The molecule has 0 aliphatic heterocycles. The highest BCUT2D eigenvalue weighted by Gasteiger charge is 2.27. The second kappa shape index (κ2) is 6.42. The van der Waals surface area contributed by atoms with Gasteiger partial charge in [0.15, 0.2) is 0 Å². The van der Waals surface area contributed by atoms with E-state index in [1.165, 1.54) is 6.07 Å². The zero-order valence-corrected chi connectivity index (χ0v) is 10.3. The number of anilines is 1. The number of alkyl halides is 3. The molecule has 19 heavy (non-hydrogen) atoms. The van der Waals surface area contributed by atoms with Crippen LogP contribution in [-0.4, -0.2) is 37.0 Å². The molecule has 0 atom stereocenters. The van der Waals surface area contributed by atoms with Crippen molar-refractivity contribution in [2.75, 3.05) is 25.1 Å². The van der Waals surface area contributed by atoms with E-state index in [2.05, 4.69) is 10.1 Å². The van der Waals surface area contributed by atoms with E-state index < -0.39 is 18.8 Å². The third kappa shape index (κ3) is 5.60. The van der Waals surface area contributed by atoms with Gasteiger partial charge in [0.1, 0.15) is 6.61 Å². The van der Waals surface area contributed by atoms with Crippen LogP contribution in [0.15, 0.2) is 18.2 Å². The van der Waals surface area contributed by atoms with Gasteiger partial charge in [-0.3, -0.25) is 0 Å². The lowest BCUT2D eigenvalue weighted by molar-refractivity contribution is -0.172. The summed E-state index contributed by atoms with van der Waals surface area (Å²) in [6, 6.07) is 4.77. The van der Waals surface area contributed by atoms with E-state index in [0.717, 1.165) is 5.56 Å². The third-order valence-corrected chi connectivity index (χ3v) is 2.23. The molecule has 1 aromatic rings. The minimum absolute atomic E-state index is 0.0795. The van der Waals surface area contributed by atoms with E-state index in [4.69, 9.17) is 5.11 Å². The van der Waals surface area contributed by atoms with Gasteiger partial charge in [-0.15, -0.1) is 0 Å². The van der Waals surface area contributed by atoms with Crippen LogP contribution in [0.2, 0.25) is 0 Å². The largest absolute Gasteiger partial charge is 0.478 e. The zero-order chi connectivity index (χ0) is 14.5. The number of nitrogens with one attached hydrogen (secondary N) is 1. The highest BCUT2D eigenvalue weighted by molar-refractivity contribution is 5.94. The minimum atomic E-state index is -4.35. The second-order valence-corrected chi connectivity index (χ2v) is 3.95. The fraction of sp³-hybridized carbons (Fsp3) is 0.417. The highest BCUT2D eigenvalue weighted by Crippen LogP contribution is 2.17. The van der Waals surface area contributed by atoms with Crippen molar-refractivity contribution in [3.8, 4) is 0 Å². The van der Waals surface area contributed by atoms with Gasteiger partial charge >= 0.3 is 12.1 Å². The summed E-state index contributed by atoms with van der Waals surface area (Å²) in [6.07, 6.45) is -4.35. The number of benzene rings is 1. The highest BCUT2D eigenvalue weighted by atomic mass is 19.4. The Morgan fingerprint density at radius 2 is 2.11 bits per heavy atom. The Morgan fingerprint density at radius 1 is 1.42 bits per heavy atom. The van der Waals surface area contributed by atoms with Crippen molar-refractivity contribution in [3.63, 3.8) is 0 Å². The van der Waals surface area contributed by atoms with Gasteiger partial charge in [-0.05, 0) is 19.1 Å². The molecule has 2 N–H and O–H groups in total. The fourth-order valence-corrected chi connectivity index (χ4v) is 1.43. The van der Waals surface area contributed by atoms with E-state index in [0.29, 0.717) is 5.69 Å². The summed E-state index contributed by atoms with van der Waals surface area (Å²) in [5, 5.41) is 11.7. The minimum Gasteiger partial charge on any atom is -0.478 e. The Balaban J connectivity index is 2.47. The molecule has 4 nitrogen and oxygen atoms in total. The van der Waals surface area contributed by atoms with E-state index in [-0.39, 0.29) is 18.7 Å². The Kier molecular flexibility index (Phi) is 5.17. The van der Waals surface area contributed by atoms with Gasteiger partial charge in [0.2, 0.25) is 0 Å². The molecule has 7 heteroatoms. The first-order valence-electron chi connectivity index (χ1n) is 5.52. The van der Waals surface area contributed by atoms with Gasteiger partial charge in [-0.25, -0.2) is 4.79 Å². The average Bonchev–Trinajstić information content (AvgIpc) is 2.28. The standard InChI is InChI=1S/C12H14F3NO3/c1-8-2-3-10(9(6-8)11(17)18)16-4-5-19-7-12(13,14)15/h2-3,6,16H,4-5,7H2,1H3,(H,17,18). The molecule has 0 saturated carbocycles. The Bertz CT molecular complexity index is 446. The summed E-state index contributed by atoms with van der Waals surface area (Å²) in [5.74, 6) is -1.09. The van der Waals surface area contributed by atoms with Crippen molar-refractivity contribution < 1.29 is 27.8 Å². The summed E-state index contributed by atoms with van der Waals surface area (Å²) in [6.45, 7) is 0.378. The quantitative estimate of drug-likeness (QED) is 0.785. The molecule has 0 aromatic heterocycles. The number of rotatable bonds is 6. The average molecular weight is 277 g/mol. The Morgan fingerprint density at radius 3 is 2.68 bits per heavy atom. The van der Waals surface area contributed by atoms with Gasteiger partial charge < -0.3 is 15.2 Å². The number of ether oxygens (including phenoxy) is 1. The molecular formula is C12H14F3NO3. The monoisotopic (exact) mass is 277 g/mol. The van der Waals surface area contributed by atoms with Crippen LogP contribution in [0.5, 0.6) is 0 Å². The van der Waals surface area contributed by atoms with Crippen LogP contribution in [0, 0.1) is 6.92 Å². The number of carboxylic acids is 1. The summed E-state index contributed by atoms with van der Waals surface area (Å²) in [4.78, 5) is 11.0. The molecule has 0 aliphatic carbocycles. The summed E-state index contributed by atoms with van der Waals surface area (Å²) in [5.41, 5.74) is 1.22. The Hall–Kier alpha value is -1.76.